The Bertz CT molecular complexity index is 488. The van der Waals surface area contributed by atoms with E-state index in [1.165, 1.54) is 5.56 Å². The second-order valence-electron chi connectivity index (χ2n) is 4.59. The van der Waals surface area contributed by atoms with Crippen molar-refractivity contribution >= 4 is 11.3 Å². The van der Waals surface area contributed by atoms with Crippen molar-refractivity contribution < 1.29 is 0 Å². The van der Waals surface area contributed by atoms with Gasteiger partial charge in [0.15, 0.2) is 0 Å². The molecule has 1 aromatic heterocycles. The molecule has 0 amide bonds. The maximum absolute atomic E-state index is 4.25. The summed E-state index contributed by atoms with van der Waals surface area (Å²) in [6.45, 7) is 7.22. The molecular formula is C14H19N3S. The van der Waals surface area contributed by atoms with Gasteiger partial charge in [-0.15, -0.1) is 10.2 Å². The minimum absolute atomic E-state index is 0.473. The molecule has 0 unspecified atom stereocenters. The molecule has 0 aliphatic rings. The van der Waals surface area contributed by atoms with Crippen molar-refractivity contribution in [3.63, 3.8) is 0 Å². The fourth-order valence-corrected chi connectivity index (χ4v) is 2.41. The van der Waals surface area contributed by atoms with Gasteiger partial charge in [-0.25, -0.2) is 0 Å². The van der Waals surface area contributed by atoms with E-state index in [9.17, 15) is 0 Å². The van der Waals surface area contributed by atoms with Crippen LogP contribution < -0.4 is 5.32 Å². The predicted octanol–water partition coefficient (Wildman–Crippen LogP) is 3.27. The van der Waals surface area contributed by atoms with Gasteiger partial charge >= 0.3 is 0 Å². The van der Waals surface area contributed by atoms with E-state index in [0.29, 0.717) is 6.04 Å². The maximum Gasteiger partial charge on any atom is 0.147 e. The first-order valence-corrected chi connectivity index (χ1v) is 7.15. The number of nitrogens with one attached hydrogen (secondary N) is 1. The van der Waals surface area contributed by atoms with Crippen LogP contribution in [0.2, 0.25) is 0 Å². The lowest BCUT2D eigenvalue weighted by atomic mass is 10.1. The minimum Gasteiger partial charge on any atom is -0.308 e. The summed E-state index contributed by atoms with van der Waals surface area (Å²) < 4.78 is 0. The molecule has 1 heterocycles. The number of hydrogen-bond donors (Lipinski definition) is 1. The number of benzene rings is 1. The summed E-state index contributed by atoms with van der Waals surface area (Å²) in [4.78, 5) is 0. The molecule has 96 valence electrons. The van der Waals surface area contributed by atoms with Gasteiger partial charge in [-0.05, 0) is 12.0 Å². The SMILES string of the molecule is CCc1ccc(-c2nnc(CNC(C)C)s2)cc1. The first kappa shape index (κ1) is 13.2. The highest BCUT2D eigenvalue weighted by atomic mass is 32.1. The van der Waals surface area contributed by atoms with Crippen molar-refractivity contribution in [1.29, 1.82) is 0 Å². The number of nitrogens with zero attached hydrogens (tertiary/aromatic N) is 2. The third-order valence-electron chi connectivity index (χ3n) is 2.74. The molecule has 0 saturated carbocycles. The van der Waals surface area contributed by atoms with Crippen molar-refractivity contribution in [3.8, 4) is 10.6 Å². The fraction of sp³-hybridized carbons (Fsp3) is 0.429. The largest absolute Gasteiger partial charge is 0.308 e. The molecule has 1 N–H and O–H groups in total. The van der Waals surface area contributed by atoms with Crippen molar-refractivity contribution in [1.82, 2.24) is 15.5 Å². The monoisotopic (exact) mass is 261 g/mol. The average Bonchev–Trinajstić information content (AvgIpc) is 2.85. The molecule has 0 spiro atoms. The van der Waals surface area contributed by atoms with E-state index in [1.807, 2.05) is 0 Å². The second kappa shape index (κ2) is 6.07. The van der Waals surface area contributed by atoms with Gasteiger partial charge in [0, 0.05) is 18.2 Å². The number of hydrogen-bond acceptors (Lipinski definition) is 4. The zero-order chi connectivity index (χ0) is 13.0. The number of aryl methyl sites for hydroxylation is 1. The van der Waals surface area contributed by atoms with Crippen LogP contribution in [0.3, 0.4) is 0 Å². The molecule has 3 nitrogen and oxygen atoms in total. The summed E-state index contributed by atoms with van der Waals surface area (Å²) in [7, 11) is 0. The second-order valence-corrected chi connectivity index (χ2v) is 5.65. The van der Waals surface area contributed by atoms with Crippen molar-refractivity contribution in [2.45, 2.75) is 39.8 Å². The lowest BCUT2D eigenvalue weighted by molar-refractivity contribution is 0.585. The Morgan fingerprint density at radius 3 is 2.50 bits per heavy atom. The van der Waals surface area contributed by atoms with Crippen LogP contribution in [0.25, 0.3) is 10.6 Å². The maximum atomic E-state index is 4.25. The van der Waals surface area contributed by atoms with Crippen LogP contribution in [-0.4, -0.2) is 16.2 Å². The van der Waals surface area contributed by atoms with Gasteiger partial charge in [0.25, 0.3) is 0 Å². The molecule has 0 saturated heterocycles. The molecule has 18 heavy (non-hydrogen) atoms. The van der Waals surface area contributed by atoms with Crippen LogP contribution >= 0.6 is 11.3 Å². The van der Waals surface area contributed by atoms with Crippen LogP contribution in [0.4, 0.5) is 0 Å². The summed E-state index contributed by atoms with van der Waals surface area (Å²) in [6.07, 6.45) is 1.07. The summed E-state index contributed by atoms with van der Waals surface area (Å²) in [5.41, 5.74) is 2.51. The van der Waals surface area contributed by atoms with Crippen LogP contribution in [0.15, 0.2) is 24.3 Å². The van der Waals surface area contributed by atoms with E-state index in [1.54, 1.807) is 11.3 Å². The summed E-state index contributed by atoms with van der Waals surface area (Å²) in [5, 5.41) is 13.9. The van der Waals surface area contributed by atoms with Crippen LogP contribution in [0.5, 0.6) is 0 Å². The van der Waals surface area contributed by atoms with Gasteiger partial charge in [0.2, 0.25) is 0 Å². The summed E-state index contributed by atoms with van der Waals surface area (Å²) >= 11 is 1.66. The molecule has 0 radical (unpaired) electrons. The van der Waals surface area contributed by atoms with E-state index in [2.05, 4.69) is 60.6 Å². The average molecular weight is 261 g/mol. The zero-order valence-electron chi connectivity index (χ0n) is 11.1. The van der Waals surface area contributed by atoms with Gasteiger partial charge in [0.1, 0.15) is 10.0 Å². The molecular weight excluding hydrogens is 242 g/mol. The summed E-state index contributed by atoms with van der Waals surface area (Å²) in [5.74, 6) is 0. The Morgan fingerprint density at radius 2 is 1.89 bits per heavy atom. The molecule has 0 aliphatic carbocycles. The van der Waals surface area contributed by atoms with Crippen molar-refractivity contribution in [2.75, 3.05) is 0 Å². The van der Waals surface area contributed by atoms with E-state index < -0.39 is 0 Å². The van der Waals surface area contributed by atoms with Crippen molar-refractivity contribution in [3.05, 3.63) is 34.8 Å². The Balaban J connectivity index is 2.08. The van der Waals surface area contributed by atoms with Crippen LogP contribution in [0, 0.1) is 0 Å². The fourth-order valence-electron chi connectivity index (χ4n) is 1.62. The number of rotatable bonds is 5. The highest BCUT2D eigenvalue weighted by Gasteiger charge is 2.06. The third kappa shape index (κ3) is 3.37. The number of aromatic nitrogens is 2. The van der Waals surface area contributed by atoms with Gasteiger partial charge in [0.05, 0.1) is 0 Å². The van der Waals surface area contributed by atoms with Crippen LogP contribution in [-0.2, 0) is 13.0 Å². The lowest BCUT2D eigenvalue weighted by Gasteiger charge is -2.03. The molecule has 2 rings (SSSR count). The predicted molar refractivity (Wildman–Crippen MR) is 76.7 cm³/mol. The normalized spacial score (nSPS) is 11.1. The van der Waals surface area contributed by atoms with E-state index in [4.69, 9.17) is 0 Å². The first-order valence-electron chi connectivity index (χ1n) is 6.34. The molecule has 4 heteroatoms. The highest BCUT2D eigenvalue weighted by molar-refractivity contribution is 7.14. The molecule has 1 aromatic carbocycles. The Hall–Kier alpha value is -1.26. The Kier molecular flexibility index (Phi) is 4.44. The standard InChI is InChI=1S/C14H19N3S/c1-4-11-5-7-12(8-6-11)14-17-16-13(18-14)9-15-10(2)3/h5-8,10,15H,4,9H2,1-3H3. The van der Waals surface area contributed by atoms with Gasteiger partial charge in [-0.1, -0.05) is 56.4 Å². The zero-order valence-corrected chi connectivity index (χ0v) is 11.9. The van der Waals surface area contributed by atoms with Gasteiger partial charge in [-0.3, -0.25) is 0 Å². The topological polar surface area (TPSA) is 37.8 Å². The quantitative estimate of drug-likeness (QED) is 0.897. The van der Waals surface area contributed by atoms with E-state index >= 15 is 0 Å². The highest BCUT2D eigenvalue weighted by Crippen LogP contribution is 2.23. The van der Waals surface area contributed by atoms with E-state index in [0.717, 1.165) is 28.5 Å². The smallest absolute Gasteiger partial charge is 0.147 e. The van der Waals surface area contributed by atoms with E-state index in [-0.39, 0.29) is 0 Å². The molecule has 0 fully saturated rings. The molecule has 2 aromatic rings. The minimum atomic E-state index is 0.473. The summed E-state index contributed by atoms with van der Waals surface area (Å²) in [6, 6.07) is 9.03. The molecule has 0 bridgehead atoms. The Labute approximate surface area is 112 Å². The first-order chi connectivity index (χ1) is 8.69. The van der Waals surface area contributed by atoms with Gasteiger partial charge < -0.3 is 5.32 Å². The van der Waals surface area contributed by atoms with Gasteiger partial charge in [-0.2, -0.15) is 0 Å². The third-order valence-corrected chi connectivity index (χ3v) is 3.71. The Morgan fingerprint density at radius 1 is 1.17 bits per heavy atom. The van der Waals surface area contributed by atoms with Crippen LogP contribution in [0.1, 0.15) is 31.3 Å². The molecule has 0 aliphatic heterocycles. The molecule has 0 atom stereocenters. The van der Waals surface area contributed by atoms with Crippen molar-refractivity contribution in [2.24, 2.45) is 0 Å². The lowest BCUT2D eigenvalue weighted by Crippen LogP contribution is -2.21.